The third-order valence-corrected chi connectivity index (χ3v) is 8.45. The molecule has 176 valence electrons. The molecular weight excluding hydrogens is 440 g/mol. The van der Waals surface area contributed by atoms with Crippen molar-refractivity contribution >= 4 is 15.8 Å². The molecule has 8 nitrogen and oxygen atoms in total. The van der Waals surface area contributed by atoms with Gasteiger partial charge in [0.25, 0.3) is 0 Å². The van der Waals surface area contributed by atoms with Gasteiger partial charge in [0.2, 0.25) is 11.8 Å². The van der Waals surface area contributed by atoms with Gasteiger partial charge >= 0.3 is 0 Å². The van der Waals surface area contributed by atoms with Crippen LogP contribution in [0.5, 0.6) is 0 Å². The average Bonchev–Trinajstić information content (AvgIpc) is 3.47. The van der Waals surface area contributed by atoms with Gasteiger partial charge in [-0.1, -0.05) is 30.3 Å². The SMILES string of the molecule is CN(c1nnc(-c2occc2-c2ccccc2)n1CC1CCCCO1)C1CCS(=O)(=O)CC1. The van der Waals surface area contributed by atoms with Gasteiger partial charge in [-0.25, -0.2) is 8.42 Å². The van der Waals surface area contributed by atoms with Gasteiger partial charge in [0.15, 0.2) is 5.76 Å². The molecule has 1 atom stereocenters. The molecule has 9 heteroatoms. The maximum Gasteiger partial charge on any atom is 0.227 e. The summed E-state index contributed by atoms with van der Waals surface area (Å²) in [6.07, 6.45) is 6.18. The number of anilines is 1. The van der Waals surface area contributed by atoms with Crippen molar-refractivity contribution in [2.24, 2.45) is 0 Å². The third-order valence-electron chi connectivity index (χ3n) is 6.73. The Bertz CT molecular complexity index is 1170. The highest BCUT2D eigenvalue weighted by atomic mass is 32.2. The zero-order chi connectivity index (χ0) is 22.8. The van der Waals surface area contributed by atoms with Crippen LogP contribution in [0.1, 0.15) is 32.1 Å². The van der Waals surface area contributed by atoms with Gasteiger partial charge in [-0.05, 0) is 43.7 Å². The van der Waals surface area contributed by atoms with E-state index >= 15 is 0 Å². The Morgan fingerprint density at radius 3 is 2.58 bits per heavy atom. The maximum atomic E-state index is 11.9. The topological polar surface area (TPSA) is 90.5 Å². The van der Waals surface area contributed by atoms with Crippen LogP contribution in [0, 0.1) is 0 Å². The molecule has 33 heavy (non-hydrogen) atoms. The average molecular weight is 471 g/mol. The highest BCUT2D eigenvalue weighted by Gasteiger charge is 2.31. The smallest absolute Gasteiger partial charge is 0.227 e. The molecule has 1 unspecified atom stereocenters. The summed E-state index contributed by atoms with van der Waals surface area (Å²) in [5.41, 5.74) is 2.02. The van der Waals surface area contributed by atoms with E-state index in [1.165, 1.54) is 0 Å². The summed E-state index contributed by atoms with van der Waals surface area (Å²) in [7, 11) is -0.954. The van der Waals surface area contributed by atoms with Gasteiger partial charge in [0.05, 0.1) is 30.4 Å². The third kappa shape index (κ3) is 4.70. The van der Waals surface area contributed by atoms with Crippen LogP contribution in [-0.2, 0) is 21.1 Å². The van der Waals surface area contributed by atoms with E-state index in [0.29, 0.717) is 31.0 Å². The van der Waals surface area contributed by atoms with Crippen LogP contribution in [0.4, 0.5) is 5.95 Å². The van der Waals surface area contributed by atoms with Crippen LogP contribution >= 0.6 is 0 Å². The Labute approximate surface area is 194 Å². The molecule has 2 aliphatic rings. The quantitative estimate of drug-likeness (QED) is 0.541. The summed E-state index contributed by atoms with van der Waals surface area (Å²) < 4.78 is 37.9. The van der Waals surface area contributed by atoms with Crippen molar-refractivity contribution in [3.05, 3.63) is 42.7 Å². The predicted molar refractivity (Wildman–Crippen MR) is 127 cm³/mol. The second-order valence-electron chi connectivity index (χ2n) is 8.95. The number of hydrogen-bond donors (Lipinski definition) is 0. The van der Waals surface area contributed by atoms with E-state index in [-0.39, 0.29) is 23.7 Å². The van der Waals surface area contributed by atoms with E-state index in [0.717, 1.165) is 42.9 Å². The van der Waals surface area contributed by atoms with E-state index in [1.807, 2.05) is 31.3 Å². The number of ether oxygens (including phenoxy) is 1. The number of furan rings is 1. The minimum atomic E-state index is -2.94. The fourth-order valence-electron chi connectivity index (χ4n) is 4.80. The molecule has 2 saturated heterocycles. The van der Waals surface area contributed by atoms with E-state index < -0.39 is 9.84 Å². The molecule has 0 bridgehead atoms. The number of benzene rings is 1. The summed E-state index contributed by atoms with van der Waals surface area (Å²) in [6.45, 7) is 1.39. The van der Waals surface area contributed by atoms with E-state index in [4.69, 9.17) is 9.15 Å². The molecule has 2 fully saturated rings. The molecule has 0 spiro atoms. The summed E-state index contributed by atoms with van der Waals surface area (Å²) in [6, 6.07) is 12.1. The standard InChI is InChI=1S/C24H30N4O4S/c1-27(19-11-15-33(29,30)16-12-19)24-26-25-23(28(24)17-20-9-5-6-13-31-20)22-21(10-14-32-22)18-7-3-2-4-8-18/h2-4,7-8,10,14,19-20H,5-6,9,11-13,15-17H2,1H3. The second kappa shape index (κ2) is 9.30. The fourth-order valence-corrected chi connectivity index (χ4v) is 6.27. The van der Waals surface area contributed by atoms with Crippen LogP contribution in [0.3, 0.4) is 0 Å². The lowest BCUT2D eigenvalue weighted by Gasteiger charge is -2.32. The Morgan fingerprint density at radius 2 is 1.85 bits per heavy atom. The molecule has 0 saturated carbocycles. The van der Waals surface area contributed by atoms with Crippen molar-refractivity contribution in [1.29, 1.82) is 0 Å². The van der Waals surface area contributed by atoms with Crippen LogP contribution in [0.25, 0.3) is 22.7 Å². The minimum absolute atomic E-state index is 0.0857. The van der Waals surface area contributed by atoms with E-state index in [1.54, 1.807) is 6.26 Å². The minimum Gasteiger partial charge on any atom is -0.460 e. The van der Waals surface area contributed by atoms with Crippen molar-refractivity contribution in [3.8, 4) is 22.7 Å². The molecule has 5 rings (SSSR count). The van der Waals surface area contributed by atoms with Crippen molar-refractivity contribution < 1.29 is 17.6 Å². The molecule has 3 aromatic rings. The lowest BCUT2D eigenvalue weighted by Crippen LogP contribution is -2.40. The second-order valence-corrected chi connectivity index (χ2v) is 11.2. The van der Waals surface area contributed by atoms with Crippen LogP contribution in [0.2, 0.25) is 0 Å². The first-order chi connectivity index (χ1) is 16.0. The van der Waals surface area contributed by atoms with Crippen LogP contribution in [-0.4, -0.2) is 60.5 Å². The van der Waals surface area contributed by atoms with Crippen LogP contribution in [0.15, 0.2) is 47.1 Å². The van der Waals surface area contributed by atoms with Gasteiger partial charge in [0, 0.05) is 25.3 Å². The van der Waals surface area contributed by atoms with Crippen molar-refractivity contribution in [2.45, 2.75) is 50.8 Å². The van der Waals surface area contributed by atoms with Crippen LogP contribution < -0.4 is 4.90 Å². The molecule has 0 radical (unpaired) electrons. The zero-order valence-electron chi connectivity index (χ0n) is 18.9. The number of rotatable bonds is 6. The van der Waals surface area contributed by atoms with Gasteiger partial charge < -0.3 is 14.1 Å². The van der Waals surface area contributed by atoms with E-state index in [9.17, 15) is 8.42 Å². The number of aromatic nitrogens is 3. The van der Waals surface area contributed by atoms with Crippen molar-refractivity contribution in [2.75, 3.05) is 30.1 Å². The van der Waals surface area contributed by atoms with Crippen molar-refractivity contribution in [1.82, 2.24) is 14.8 Å². The fraction of sp³-hybridized carbons (Fsp3) is 0.500. The first kappa shape index (κ1) is 22.2. The highest BCUT2D eigenvalue weighted by Crippen LogP contribution is 2.35. The van der Waals surface area contributed by atoms with Crippen molar-refractivity contribution in [3.63, 3.8) is 0 Å². The largest absolute Gasteiger partial charge is 0.460 e. The summed E-state index contributed by atoms with van der Waals surface area (Å²) in [4.78, 5) is 2.08. The first-order valence-corrected chi connectivity index (χ1v) is 13.5. The number of sulfone groups is 1. The molecule has 0 aliphatic carbocycles. The van der Waals surface area contributed by atoms with E-state index in [2.05, 4.69) is 31.8 Å². The maximum absolute atomic E-state index is 11.9. The molecule has 1 aromatic carbocycles. The predicted octanol–water partition coefficient (Wildman–Crippen LogP) is 3.79. The monoisotopic (exact) mass is 470 g/mol. The lowest BCUT2D eigenvalue weighted by atomic mass is 10.1. The molecule has 4 heterocycles. The normalized spacial score (nSPS) is 21.2. The van der Waals surface area contributed by atoms with Gasteiger partial charge in [-0.15, -0.1) is 10.2 Å². The Hall–Kier alpha value is -2.65. The Kier molecular flexibility index (Phi) is 6.25. The lowest BCUT2D eigenvalue weighted by molar-refractivity contribution is 0.00632. The first-order valence-electron chi connectivity index (χ1n) is 11.6. The molecular formula is C24H30N4O4S. The number of hydrogen-bond acceptors (Lipinski definition) is 7. The zero-order valence-corrected chi connectivity index (χ0v) is 19.7. The van der Waals surface area contributed by atoms with Gasteiger partial charge in [0.1, 0.15) is 9.84 Å². The Morgan fingerprint density at radius 1 is 1.06 bits per heavy atom. The van der Waals surface area contributed by atoms with Gasteiger partial charge in [-0.2, -0.15) is 0 Å². The molecule has 2 aromatic heterocycles. The number of nitrogens with zero attached hydrogens (tertiary/aromatic N) is 4. The summed E-state index contributed by atoms with van der Waals surface area (Å²) >= 11 is 0. The molecule has 0 N–H and O–H groups in total. The Balaban J connectivity index is 1.51. The summed E-state index contributed by atoms with van der Waals surface area (Å²) in [5.74, 6) is 2.49. The molecule has 0 amide bonds. The summed E-state index contributed by atoms with van der Waals surface area (Å²) in [5, 5.41) is 9.12. The van der Waals surface area contributed by atoms with Gasteiger partial charge in [-0.3, -0.25) is 4.57 Å². The highest BCUT2D eigenvalue weighted by molar-refractivity contribution is 7.91. The molecule has 2 aliphatic heterocycles.